The summed E-state index contributed by atoms with van der Waals surface area (Å²) >= 11 is 2.48. The SMILES string of the molecule is CC[C@H](C)C(=O)O[C@H]1C[C@@H](C)C=C2C=C[C@H](C)C(CI)[C@H]21. The molecule has 1 unspecified atom stereocenters. The normalized spacial score (nSPS) is 36.6. The fourth-order valence-corrected chi connectivity index (χ4v) is 4.80. The van der Waals surface area contributed by atoms with Crippen molar-refractivity contribution < 1.29 is 9.53 Å². The van der Waals surface area contributed by atoms with Crippen LogP contribution in [0.3, 0.4) is 0 Å². The lowest BCUT2D eigenvalue weighted by Crippen LogP contribution is -2.42. The molecule has 0 saturated carbocycles. The molecule has 21 heavy (non-hydrogen) atoms. The van der Waals surface area contributed by atoms with Crippen molar-refractivity contribution in [3.8, 4) is 0 Å². The molecule has 0 amide bonds. The number of esters is 1. The van der Waals surface area contributed by atoms with E-state index in [1.54, 1.807) is 0 Å². The van der Waals surface area contributed by atoms with E-state index in [2.05, 4.69) is 54.7 Å². The largest absolute Gasteiger partial charge is 0.461 e. The summed E-state index contributed by atoms with van der Waals surface area (Å²) in [5.74, 6) is 1.98. The molecule has 2 aliphatic rings. The molecule has 2 aliphatic carbocycles. The first-order valence-electron chi connectivity index (χ1n) is 8.14. The molecule has 0 fully saturated rings. The van der Waals surface area contributed by atoms with E-state index in [0.29, 0.717) is 23.7 Å². The van der Waals surface area contributed by atoms with Gasteiger partial charge in [0.05, 0.1) is 5.92 Å². The van der Waals surface area contributed by atoms with Gasteiger partial charge in [-0.15, -0.1) is 0 Å². The third kappa shape index (κ3) is 3.72. The summed E-state index contributed by atoms with van der Waals surface area (Å²) in [4.78, 5) is 12.2. The zero-order chi connectivity index (χ0) is 15.6. The van der Waals surface area contributed by atoms with Crippen molar-refractivity contribution in [1.29, 1.82) is 0 Å². The first kappa shape index (κ1) is 17.0. The van der Waals surface area contributed by atoms with Gasteiger partial charge in [-0.25, -0.2) is 0 Å². The van der Waals surface area contributed by atoms with Crippen LogP contribution in [0.2, 0.25) is 0 Å². The van der Waals surface area contributed by atoms with Crippen molar-refractivity contribution in [3.63, 3.8) is 0 Å². The average Bonchev–Trinajstić information content (AvgIpc) is 2.46. The van der Waals surface area contributed by atoms with Crippen molar-refractivity contribution in [1.82, 2.24) is 0 Å². The van der Waals surface area contributed by atoms with Gasteiger partial charge in [0.2, 0.25) is 0 Å². The quantitative estimate of drug-likeness (QED) is 0.384. The zero-order valence-corrected chi connectivity index (χ0v) is 15.7. The maximum atomic E-state index is 12.2. The third-order valence-electron chi connectivity index (χ3n) is 5.06. The van der Waals surface area contributed by atoms with Crippen molar-refractivity contribution >= 4 is 28.6 Å². The van der Waals surface area contributed by atoms with Gasteiger partial charge in [0.25, 0.3) is 0 Å². The van der Waals surface area contributed by atoms with Crippen LogP contribution < -0.4 is 0 Å². The lowest BCUT2D eigenvalue weighted by atomic mass is 9.67. The van der Waals surface area contributed by atoms with Crippen LogP contribution >= 0.6 is 22.6 Å². The number of fused-ring (bicyclic) bond motifs is 1. The number of rotatable bonds is 4. The molecule has 118 valence electrons. The van der Waals surface area contributed by atoms with Crippen LogP contribution in [0.5, 0.6) is 0 Å². The van der Waals surface area contributed by atoms with Gasteiger partial charge in [-0.1, -0.05) is 68.5 Å². The van der Waals surface area contributed by atoms with E-state index in [-0.39, 0.29) is 18.0 Å². The molecule has 0 N–H and O–H groups in total. The molecule has 6 atom stereocenters. The predicted octanol–water partition coefficient (Wildman–Crippen LogP) is 4.78. The summed E-state index contributed by atoms with van der Waals surface area (Å²) < 4.78 is 7.06. The Labute approximate surface area is 142 Å². The minimum Gasteiger partial charge on any atom is -0.461 e. The molecule has 0 heterocycles. The molecule has 3 heteroatoms. The molecule has 0 bridgehead atoms. The van der Waals surface area contributed by atoms with Crippen LogP contribution in [0.25, 0.3) is 0 Å². The lowest BCUT2D eigenvalue weighted by molar-refractivity contribution is -0.158. The highest BCUT2D eigenvalue weighted by molar-refractivity contribution is 14.1. The summed E-state index contributed by atoms with van der Waals surface area (Å²) in [7, 11) is 0. The minimum atomic E-state index is -0.0228. The highest BCUT2D eigenvalue weighted by atomic mass is 127. The highest BCUT2D eigenvalue weighted by Crippen LogP contribution is 2.43. The van der Waals surface area contributed by atoms with Gasteiger partial charge < -0.3 is 4.74 Å². The Hall–Kier alpha value is -0.320. The standard InChI is InChI=1S/C18H27IO2/c1-5-12(3)18(20)21-16-9-11(2)8-14-7-6-13(4)15(10-19)17(14)16/h6-8,11-13,15-17H,5,9-10H2,1-4H3/t11-,12-,13-,15?,16-,17-/m0/s1. The number of ether oxygens (including phenoxy) is 1. The highest BCUT2D eigenvalue weighted by Gasteiger charge is 2.41. The molecule has 0 aromatic rings. The fraction of sp³-hybridized carbons (Fsp3) is 0.722. The number of carbonyl (C=O) groups excluding carboxylic acids is 1. The smallest absolute Gasteiger partial charge is 0.308 e. The van der Waals surface area contributed by atoms with Crippen LogP contribution in [0.15, 0.2) is 23.8 Å². The van der Waals surface area contributed by atoms with E-state index in [1.807, 2.05) is 13.8 Å². The summed E-state index contributed by atoms with van der Waals surface area (Å²) in [6.45, 7) is 8.50. The van der Waals surface area contributed by atoms with Gasteiger partial charge in [0, 0.05) is 10.3 Å². The van der Waals surface area contributed by atoms with Gasteiger partial charge in [-0.2, -0.15) is 0 Å². The summed E-state index contributed by atoms with van der Waals surface area (Å²) in [6.07, 6.45) is 8.81. The molecule has 0 spiro atoms. The Balaban J connectivity index is 2.23. The van der Waals surface area contributed by atoms with Crippen LogP contribution in [-0.2, 0) is 9.53 Å². The maximum Gasteiger partial charge on any atom is 0.308 e. The molecular formula is C18H27IO2. The number of hydrogen-bond donors (Lipinski definition) is 0. The number of alkyl halides is 1. The van der Waals surface area contributed by atoms with Crippen molar-refractivity contribution in [3.05, 3.63) is 23.8 Å². The van der Waals surface area contributed by atoms with E-state index in [9.17, 15) is 4.79 Å². The second kappa shape index (κ2) is 7.30. The van der Waals surface area contributed by atoms with Gasteiger partial charge in [0.15, 0.2) is 0 Å². The monoisotopic (exact) mass is 402 g/mol. The second-order valence-corrected chi connectivity index (χ2v) is 7.61. The summed E-state index contributed by atoms with van der Waals surface area (Å²) in [5, 5.41) is 0. The second-order valence-electron chi connectivity index (χ2n) is 6.73. The molecule has 0 aliphatic heterocycles. The molecule has 0 radical (unpaired) electrons. The predicted molar refractivity (Wildman–Crippen MR) is 95.4 cm³/mol. The average molecular weight is 402 g/mol. The van der Waals surface area contributed by atoms with E-state index in [1.165, 1.54) is 5.57 Å². The van der Waals surface area contributed by atoms with Crippen LogP contribution in [0, 0.1) is 29.6 Å². The Morgan fingerprint density at radius 2 is 2.19 bits per heavy atom. The molecule has 0 aromatic heterocycles. The van der Waals surface area contributed by atoms with Gasteiger partial charge in [0.1, 0.15) is 6.10 Å². The Morgan fingerprint density at radius 1 is 1.48 bits per heavy atom. The fourth-order valence-electron chi connectivity index (χ4n) is 3.45. The maximum absolute atomic E-state index is 12.2. The Bertz CT molecular complexity index is 440. The molecule has 0 aromatic carbocycles. The third-order valence-corrected chi connectivity index (χ3v) is 6.07. The van der Waals surface area contributed by atoms with Gasteiger partial charge in [-0.05, 0) is 36.2 Å². The topological polar surface area (TPSA) is 26.3 Å². The molecule has 0 saturated heterocycles. The van der Waals surface area contributed by atoms with Gasteiger partial charge in [-0.3, -0.25) is 4.79 Å². The van der Waals surface area contributed by atoms with Crippen LogP contribution in [-0.4, -0.2) is 16.5 Å². The number of allylic oxidation sites excluding steroid dienone is 3. The molecule has 2 rings (SSSR count). The zero-order valence-electron chi connectivity index (χ0n) is 13.5. The Kier molecular flexibility index (Phi) is 5.92. The Morgan fingerprint density at radius 3 is 2.81 bits per heavy atom. The molecular weight excluding hydrogens is 375 g/mol. The lowest BCUT2D eigenvalue weighted by Gasteiger charge is -2.42. The number of halogens is 1. The van der Waals surface area contributed by atoms with Crippen LogP contribution in [0.4, 0.5) is 0 Å². The van der Waals surface area contributed by atoms with E-state index in [4.69, 9.17) is 4.74 Å². The first-order valence-corrected chi connectivity index (χ1v) is 9.66. The van der Waals surface area contributed by atoms with E-state index in [0.717, 1.165) is 17.3 Å². The number of hydrogen-bond acceptors (Lipinski definition) is 2. The van der Waals surface area contributed by atoms with Crippen molar-refractivity contribution in [2.24, 2.45) is 29.6 Å². The minimum absolute atomic E-state index is 0.00395. The first-order chi connectivity index (χ1) is 9.97. The summed E-state index contributed by atoms with van der Waals surface area (Å²) in [5.41, 5.74) is 1.38. The van der Waals surface area contributed by atoms with Crippen molar-refractivity contribution in [2.75, 3.05) is 4.43 Å². The van der Waals surface area contributed by atoms with Crippen LogP contribution in [0.1, 0.15) is 40.5 Å². The van der Waals surface area contributed by atoms with E-state index < -0.39 is 0 Å². The number of carbonyl (C=O) groups is 1. The van der Waals surface area contributed by atoms with Crippen molar-refractivity contribution in [2.45, 2.75) is 46.6 Å². The van der Waals surface area contributed by atoms with E-state index >= 15 is 0 Å². The molecule has 2 nitrogen and oxygen atoms in total. The summed E-state index contributed by atoms with van der Waals surface area (Å²) in [6, 6.07) is 0. The van der Waals surface area contributed by atoms with Gasteiger partial charge >= 0.3 is 5.97 Å².